The van der Waals surface area contributed by atoms with Gasteiger partial charge in [0.2, 0.25) is 0 Å². The van der Waals surface area contributed by atoms with Crippen molar-refractivity contribution in [2.24, 2.45) is 0 Å². The van der Waals surface area contributed by atoms with Crippen molar-refractivity contribution in [2.45, 2.75) is 11.0 Å². The number of carbonyl (C=O) groups is 4. The Kier molecular flexibility index (Phi) is 7.85. The Bertz CT molecular complexity index is 1420. The van der Waals surface area contributed by atoms with Gasteiger partial charge in [-0.05, 0) is 24.3 Å². The van der Waals surface area contributed by atoms with E-state index in [9.17, 15) is 72.6 Å². The van der Waals surface area contributed by atoms with Crippen molar-refractivity contribution in [3.63, 3.8) is 0 Å². The van der Waals surface area contributed by atoms with Crippen molar-refractivity contribution in [3.05, 3.63) is 59.7 Å². The Morgan fingerprint density at radius 3 is 1.08 bits per heavy atom. The van der Waals surface area contributed by atoms with Gasteiger partial charge in [-0.2, -0.15) is 51.8 Å². The highest BCUT2D eigenvalue weighted by Gasteiger charge is 2.58. The number of hydrogen-bond donors (Lipinski definition) is 2. The van der Waals surface area contributed by atoms with Crippen molar-refractivity contribution in [1.29, 1.82) is 0 Å². The van der Waals surface area contributed by atoms with Crippen LogP contribution in [0.1, 0.15) is 20.7 Å². The summed E-state index contributed by atoms with van der Waals surface area (Å²) >= 11 is 0. The van der Waals surface area contributed by atoms with E-state index in [1.54, 1.807) is 0 Å². The van der Waals surface area contributed by atoms with Crippen LogP contribution >= 0.6 is 0 Å². The van der Waals surface area contributed by atoms with Crippen LogP contribution in [0, 0.1) is 0 Å². The number of carboxylic acids is 2. The molecule has 2 N–H and O–H groups in total. The van der Waals surface area contributed by atoms with Gasteiger partial charge in [0, 0.05) is 0 Å². The molecule has 0 heterocycles. The van der Waals surface area contributed by atoms with Gasteiger partial charge >= 0.3 is 54.8 Å². The minimum Gasteiger partial charge on any atom is -0.478 e. The number of carboxylic acid groups (broad SMARTS) is 2. The number of alkyl halides is 6. The molecule has 0 aliphatic heterocycles. The maximum Gasteiger partial charge on any atom is 0.517 e. The molecule has 20 heteroatoms. The van der Waals surface area contributed by atoms with Crippen LogP contribution < -0.4 is 8.61 Å². The van der Waals surface area contributed by atoms with Gasteiger partial charge in [-0.3, -0.25) is 9.59 Å². The number of aromatic carboxylic acids is 2. The quantitative estimate of drug-likeness (QED) is 0.372. The van der Waals surface area contributed by atoms with E-state index in [0.717, 1.165) is 12.1 Å². The fourth-order valence-corrected chi connectivity index (χ4v) is 4.58. The van der Waals surface area contributed by atoms with Crippen LogP contribution in [0.25, 0.3) is 0 Å². The van der Waals surface area contributed by atoms with Gasteiger partial charge in [0.25, 0.3) is 0 Å². The van der Waals surface area contributed by atoms with Crippen molar-refractivity contribution >= 4 is 55.2 Å². The molecule has 0 saturated carbocycles. The lowest BCUT2D eigenvalue weighted by Crippen LogP contribution is -2.55. The molecule has 0 spiro atoms. The fraction of sp³-hybridized carbons (Fsp3) is 0.111. The minimum atomic E-state index is -7.13. The van der Waals surface area contributed by atoms with Crippen molar-refractivity contribution in [3.8, 4) is 0 Å². The van der Waals surface area contributed by atoms with Crippen molar-refractivity contribution in [2.75, 3.05) is 8.61 Å². The molecule has 0 unspecified atom stereocenters. The van der Waals surface area contributed by atoms with Gasteiger partial charge in [-0.25, -0.2) is 9.59 Å². The van der Waals surface area contributed by atoms with Gasteiger partial charge in [0.05, 0.1) is 22.5 Å². The SMILES string of the molecule is O=C(O)c1ccccc1N(C(=O)C(=O)N(c1ccccc1C(=O)O)S(=O)(=O)C(F)(F)F)S(=O)(=O)C(F)(F)F. The van der Waals surface area contributed by atoms with Gasteiger partial charge in [0.1, 0.15) is 0 Å². The first-order valence-corrected chi connectivity index (χ1v) is 12.0. The normalized spacial score (nSPS) is 12.5. The van der Waals surface area contributed by atoms with E-state index < -0.39 is 85.9 Å². The second-order valence-electron chi connectivity index (χ2n) is 6.69. The molecule has 206 valence electrons. The molecule has 12 nitrogen and oxygen atoms in total. The second kappa shape index (κ2) is 9.93. The zero-order chi connectivity index (χ0) is 29.4. The molecule has 2 rings (SSSR count). The molecule has 0 fully saturated rings. The van der Waals surface area contributed by atoms with Crippen LogP contribution in [0.4, 0.5) is 37.7 Å². The summed E-state index contributed by atoms with van der Waals surface area (Å²) in [4.78, 5) is 48.6. The van der Waals surface area contributed by atoms with Crippen LogP contribution in [0.5, 0.6) is 0 Å². The Labute approximate surface area is 207 Å². The van der Waals surface area contributed by atoms with E-state index >= 15 is 0 Å². The number of nitrogens with zero attached hydrogens (tertiary/aromatic N) is 2. The number of hydrogen-bond acceptors (Lipinski definition) is 8. The van der Waals surface area contributed by atoms with Gasteiger partial charge in [0.15, 0.2) is 0 Å². The first-order valence-electron chi connectivity index (χ1n) is 9.14. The van der Waals surface area contributed by atoms with Crippen LogP contribution in [0.3, 0.4) is 0 Å². The Morgan fingerprint density at radius 1 is 0.579 bits per heavy atom. The first-order chi connectivity index (χ1) is 17.2. The third-order valence-electron chi connectivity index (χ3n) is 4.32. The summed E-state index contributed by atoms with van der Waals surface area (Å²) in [5.41, 5.74) is -19.1. The summed E-state index contributed by atoms with van der Waals surface area (Å²) in [7, 11) is -14.3. The standard InChI is InChI=1S/C18H10F6N2O10S2/c19-17(20,21)37(33,34)25(11-7-3-1-5-9(11)15(29)30)13(27)14(28)26(38(35,36)18(22,23)24)12-8-4-2-6-10(12)16(31)32/h1-8H,(H,29,30)(H,31,32). The summed E-state index contributed by atoms with van der Waals surface area (Å²) in [6.07, 6.45) is 0. The number of para-hydroxylation sites is 2. The van der Waals surface area contributed by atoms with Gasteiger partial charge in [-0.1, -0.05) is 24.3 Å². The number of sulfonamides is 2. The summed E-state index contributed by atoms with van der Waals surface area (Å²) in [5, 5.41) is 18.4. The molecule has 0 saturated heterocycles. The molecule has 2 aromatic rings. The Morgan fingerprint density at radius 2 is 0.842 bits per heavy atom. The monoisotopic (exact) mass is 592 g/mol. The topological polar surface area (TPSA) is 184 Å². The summed E-state index contributed by atoms with van der Waals surface area (Å²) in [6, 6.07) is 4.46. The van der Waals surface area contributed by atoms with E-state index in [2.05, 4.69) is 0 Å². The average molecular weight is 592 g/mol. The van der Waals surface area contributed by atoms with Crippen molar-refractivity contribution in [1.82, 2.24) is 0 Å². The molecule has 2 amide bonds. The number of rotatable bonds is 6. The number of amides is 2. The van der Waals surface area contributed by atoms with Crippen LogP contribution in [-0.2, 0) is 29.6 Å². The molecule has 0 aliphatic rings. The lowest BCUT2D eigenvalue weighted by Gasteiger charge is -2.28. The maximum absolute atomic E-state index is 13.4. The largest absolute Gasteiger partial charge is 0.517 e. The molecule has 2 aromatic carbocycles. The highest BCUT2D eigenvalue weighted by Crippen LogP contribution is 2.36. The van der Waals surface area contributed by atoms with E-state index in [-0.39, 0.29) is 12.1 Å². The molecule has 0 aromatic heterocycles. The van der Waals surface area contributed by atoms with E-state index in [1.807, 2.05) is 0 Å². The van der Waals surface area contributed by atoms with Crippen LogP contribution in [0.2, 0.25) is 0 Å². The minimum absolute atomic E-state index is 0.256. The van der Waals surface area contributed by atoms with Gasteiger partial charge in [-0.15, -0.1) is 0 Å². The third-order valence-corrected chi connectivity index (χ3v) is 7.18. The molecule has 0 bridgehead atoms. The average Bonchev–Trinajstić information content (AvgIpc) is 2.77. The molecule has 38 heavy (non-hydrogen) atoms. The zero-order valence-corrected chi connectivity index (χ0v) is 19.4. The van der Waals surface area contributed by atoms with Crippen LogP contribution in [-0.4, -0.2) is 61.8 Å². The maximum atomic E-state index is 13.4. The number of carbonyl (C=O) groups excluding carboxylic acids is 2. The highest BCUT2D eigenvalue weighted by atomic mass is 32.2. The summed E-state index contributed by atoms with van der Waals surface area (Å²) < 4.78 is 126. The molecule has 0 atom stereocenters. The predicted molar refractivity (Wildman–Crippen MR) is 112 cm³/mol. The number of anilines is 2. The number of benzene rings is 2. The fourth-order valence-electron chi connectivity index (χ4n) is 2.74. The molecule has 0 radical (unpaired) electrons. The lowest BCUT2D eigenvalue weighted by atomic mass is 10.1. The van der Waals surface area contributed by atoms with Crippen LogP contribution in [0.15, 0.2) is 48.5 Å². The molecule has 0 aliphatic carbocycles. The van der Waals surface area contributed by atoms with E-state index in [1.165, 1.54) is 0 Å². The van der Waals surface area contributed by atoms with Gasteiger partial charge < -0.3 is 10.2 Å². The lowest BCUT2D eigenvalue weighted by molar-refractivity contribution is -0.135. The first kappa shape index (κ1) is 30.0. The van der Waals surface area contributed by atoms with Crippen molar-refractivity contribution < 1.29 is 72.6 Å². The summed E-state index contributed by atoms with van der Waals surface area (Å²) in [6.45, 7) is 0. The van der Waals surface area contributed by atoms with E-state index in [0.29, 0.717) is 24.3 Å². The second-order valence-corrected chi connectivity index (χ2v) is 10.2. The summed E-state index contributed by atoms with van der Waals surface area (Å²) in [5.74, 6) is -10.6. The number of halogens is 6. The predicted octanol–water partition coefficient (Wildman–Crippen LogP) is 2.15. The smallest absolute Gasteiger partial charge is 0.478 e. The Hall–Kier alpha value is -4.20. The molecular weight excluding hydrogens is 582 g/mol. The molecular formula is C18H10F6N2O10S2. The Balaban J connectivity index is 2.98. The third kappa shape index (κ3) is 5.25. The highest BCUT2D eigenvalue weighted by molar-refractivity contribution is 7.95. The van der Waals surface area contributed by atoms with E-state index in [4.69, 9.17) is 0 Å². The zero-order valence-electron chi connectivity index (χ0n) is 17.8.